The van der Waals surface area contributed by atoms with Crippen molar-refractivity contribution >= 4 is 23.7 Å². The monoisotopic (exact) mass is 455 g/mol. The molecule has 0 radical (unpaired) electrons. The number of carbonyl (C=O) groups is 3. The molecule has 1 aromatic rings. The van der Waals surface area contributed by atoms with Gasteiger partial charge >= 0.3 is 12.2 Å². The number of amides is 4. The number of anilines is 1. The molecule has 0 unspecified atom stereocenters. The number of carbonyl (C=O) groups excluding carboxylic acids is 3. The van der Waals surface area contributed by atoms with Crippen molar-refractivity contribution in [2.24, 2.45) is 5.41 Å². The lowest BCUT2D eigenvalue weighted by molar-refractivity contribution is -0.141. The maximum atomic E-state index is 13.2. The summed E-state index contributed by atoms with van der Waals surface area (Å²) >= 11 is 0. The maximum absolute atomic E-state index is 13.2. The van der Waals surface area contributed by atoms with Gasteiger partial charge in [0, 0.05) is 19.7 Å². The average Bonchev–Trinajstić information content (AvgIpc) is 2.80. The standard InChI is InChI=1S/C19H24F3N7O3/c1-17(2,3)10-29(13-7-11(19(20,21)22)24-12(8-23)25-13)26-14(30)9-28-15(31)18(4,5)27(6)16(28)32/h7H,9-10H2,1-6H3,(H,26,30). The van der Waals surface area contributed by atoms with E-state index in [1.807, 2.05) is 0 Å². The number of aromatic nitrogens is 2. The van der Waals surface area contributed by atoms with E-state index in [1.54, 1.807) is 20.8 Å². The number of nitriles is 1. The van der Waals surface area contributed by atoms with Crippen LogP contribution in [0.3, 0.4) is 0 Å². The van der Waals surface area contributed by atoms with Crippen molar-refractivity contribution in [3.05, 3.63) is 17.6 Å². The highest BCUT2D eigenvalue weighted by molar-refractivity contribution is 6.08. The molecule has 1 fully saturated rings. The van der Waals surface area contributed by atoms with Gasteiger partial charge in [-0.15, -0.1) is 0 Å². The Hall–Kier alpha value is -3.43. The number of hydrogen-bond acceptors (Lipinski definition) is 7. The fraction of sp³-hybridized carbons (Fsp3) is 0.579. The number of nitrogens with zero attached hydrogens (tertiary/aromatic N) is 6. The number of halogens is 3. The van der Waals surface area contributed by atoms with Crippen molar-refractivity contribution in [3.63, 3.8) is 0 Å². The molecule has 1 aliphatic rings. The van der Waals surface area contributed by atoms with Crippen molar-refractivity contribution in [1.29, 1.82) is 5.26 Å². The van der Waals surface area contributed by atoms with Gasteiger partial charge < -0.3 is 4.90 Å². The summed E-state index contributed by atoms with van der Waals surface area (Å²) in [7, 11) is 1.42. The third-order valence-corrected chi connectivity index (χ3v) is 4.70. The first kappa shape index (κ1) is 24.8. The second-order valence-electron chi connectivity index (χ2n) is 9.02. The topological polar surface area (TPSA) is 123 Å². The van der Waals surface area contributed by atoms with Crippen LogP contribution in [0.1, 0.15) is 46.1 Å². The Labute approximate surface area is 183 Å². The molecule has 13 heteroatoms. The molecule has 0 spiro atoms. The molecule has 0 saturated carbocycles. The first-order valence-electron chi connectivity index (χ1n) is 9.50. The Morgan fingerprint density at radius 2 is 1.84 bits per heavy atom. The molecule has 1 aromatic heterocycles. The summed E-state index contributed by atoms with van der Waals surface area (Å²) in [6.07, 6.45) is -4.84. The molecular formula is C19H24F3N7O3. The van der Waals surface area contributed by atoms with Crippen LogP contribution in [0.2, 0.25) is 0 Å². The van der Waals surface area contributed by atoms with Crippen molar-refractivity contribution in [3.8, 4) is 6.07 Å². The molecule has 1 saturated heterocycles. The van der Waals surface area contributed by atoms with Crippen LogP contribution in [0.25, 0.3) is 0 Å². The van der Waals surface area contributed by atoms with Crippen molar-refractivity contribution < 1.29 is 27.6 Å². The van der Waals surface area contributed by atoms with Gasteiger partial charge in [0.2, 0.25) is 5.82 Å². The molecule has 0 aliphatic carbocycles. The summed E-state index contributed by atoms with van der Waals surface area (Å²) in [5.41, 5.74) is -0.617. The van der Waals surface area contributed by atoms with Crippen molar-refractivity contribution in [2.45, 2.75) is 46.3 Å². The van der Waals surface area contributed by atoms with Crippen molar-refractivity contribution in [1.82, 2.24) is 25.2 Å². The Morgan fingerprint density at radius 1 is 1.25 bits per heavy atom. The lowest BCUT2D eigenvalue weighted by Crippen LogP contribution is -2.51. The first-order chi connectivity index (χ1) is 14.5. The zero-order valence-electron chi connectivity index (χ0n) is 18.5. The van der Waals surface area contributed by atoms with E-state index in [2.05, 4.69) is 15.4 Å². The highest BCUT2D eigenvalue weighted by Crippen LogP contribution is 2.30. The van der Waals surface area contributed by atoms with E-state index in [9.17, 15) is 27.6 Å². The fourth-order valence-electron chi connectivity index (χ4n) is 2.87. The third-order valence-electron chi connectivity index (χ3n) is 4.70. The third kappa shape index (κ3) is 5.24. The molecule has 32 heavy (non-hydrogen) atoms. The normalized spacial score (nSPS) is 16.2. The number of rotatable bonds is 5. The van der Waals surface area contributed by atoms with E-state index < -0.39 is 53.0 Å². The predicted octanol–water partition coefficient (Wildman–Crippen LogP) is 1.92. The van der Waals surface area contributed by atoms with Gasteiger partial charge in [-0.25, -0.2) is 9.78 Å². The number of alkyl halides is 3. The quantitative estimate of drug-likeness (QED) is 0.532. The zero-order valence-corrected chi connectivity index (χ0v) is 18.5. The number of hydrogen-bond donors (Lipinski definition) is 1. The molecule has 4 amide bonds. The molecule has 1 N–H and O–H groups in total. The van der Waals surface area contributed by atoms with E-state index in [-0.39, 0.29) is 12.4 Å². The van der Waals surface area contributed by atoms with Crippen LogP contribution in [-0.2, 0) is 15.8 Å². The van der Waals surface area contributed by atoms with Gasteiger partial charge in [0.25, 0.3) is 11.8 Å². The second-order valence-corrected chi connectivity index (χ2v) is 9.02. The summed E-state index contributed by atoms with van der Waals surface area (Å²) < 4.78 is 39.7. The predicted molar refractivity (Wildman–Crippen MR) is 106 cm³/mol. The van der Waals surface area contributed by atoms with E-state index in [4.69, 9.17) is 5.26 Å². The number of nitrogens with one attached hydrogen (secondary N) is 1. The van der Waals surface area contributed by atoms with Gasteiger partial charge in [-0.05, 0) is 19.3 Å². The Kier molecular flexibility index (Phi) is 6.40. The molecule has 10 nitrogen and oxygen atoms in total. The largest absolute Gasteiger partial charge is 0.433 e. The fourth-order valence-corrected chi connectivity index (χ4v) is 2.87. The Balaban J connectivity index is 2.35. The Morgan fingerprint density at radius 3 is 2.28 bits per heavy atom. The van der Waals surface area contributed by atoms with E-state index in [0.717, 1.165) is 9.91 Å². The van der Waals surface area contributed by atoms with Crippen LogP contribution in [0.15, 0.2) is 6.07 Å². The van der Waals surface area contributed by atoms with Gasteiger partial charge in [0.15, 0.2) is 11.5 Å². The average molecular weight is 455 g/mol. The molecule has 1 aliphatic heterocycles. The van der Waals surface area contributed by atoms with Gasteiger partial charge in [0.1, 0.15) is 18.2 Å². The first-order valence-corrected chi connectivity index (χ1v) is 9.50. The highest BCUT2D eigenvalue weighted by atomic mass is 19.4. The van der Waals surface area contributed by atoms with E-state index >= 15 is 0 Å². The number of likely N-dealkylation sites (N-methyl/N-ethyl adjacent to an activating group) is 1. The Bertz CT molecular complexity index is 980. The summed E-state index contributed by atoms with van der Waals surface area (Å²) in [6, 6.07) is 1.40. The van der Waals surface area contributed by atoms with Gasteiger partial charge in [-0.3, -0.25) is 24.9 Å². The molecule has 0 atom stereocenters. The minimum absolute atomic E-state index is 0.00517. The molecule has 2 heterocycles. The summed E-state index contributed by atoms with van der Waals surface area (Å²) in [5.74, 6) is -2.50. The number of urea groups is 1. The van der Waals surface area contributed by atoms with Crippen LogP contribution in [0, 0.1) is 16.7 Å². The van der Waals surface area contributed by atoms with Crippen molar-refractivity contribution in [2.75, 3.05) is 25.1 Å². The zero-order chi connectivity index (χ0) is 24.6. The van der Waals surface area contributed by atoms with Gasteiger partial charge in [0.05, 0.1) is 0 Å². The lowest BCUT2D eigenvalue weighted by atomic mass is 9.97. The van der Waals surface area contributed by atoms with Crippen LogP contribution in [0.5, 0.6) is 0 Å². The minimum atomic E-state index is -4.84. The molecular weight excluding hydrogens is 431 g/mol. The van der Waals surface area contributed by atoms with Crippen LogP contribution in [-0.4, -0.2) is 63.3 Å². The SMILES string of the molecule is CN1C(=O)N(CC(=O)NN(CC(C)(C)C)c2cc(C(F)(F)F)nc(C#N)n2)C(=O)C1(C)C. The van der Waals surface area contributed by atoms with Crippen LogP contribution in [0.4, 0.5) is 23.8 Å². The van der Waals surface area contributed by atoms with Gasteiger partial charge in [-0.1, -0.05) is 20.8 Å². The summed E-state index contributed by atoms with van der Waals surface area (Å²) in [5, 5.41) is 10.1. The minimum Gasteiger partial charge on any atom is -0.313 e. The molecule has 0 aromatic carbocycles. The number of hydrazine groups is 1. The number of imide groups is 1. The highest BCUT2D eigenvalue weighted by Gasteiger charge is 2.49. The summed E-state index contributed by atoms with van der Waals surface area (Å²) in [4.78, 5) is 46.4. The van der Waals surface area contributed by atoms with Crippen LogP contribution < -0.4 is 10.4 Å². The second kappa shape index (κ2) is 8.25. The lowest BCUT2D eigenvalue weighted by Gasteiger charge is -2.31. The smallest absolute Gasteiger partial charge is 0.313 e. The van der Waals surface area contributed by atoms with Gasteiger partial charge in [-0.2, -0.15) is 23.4 Å². The van der Waals surface area contributed by atoms with E-state index in [1.165, 1.54) is 31.9 Å². The molecule has 174 valence electrons. The molecule has 0 bridgehead atoms. The van der Waals surface area contributed by atoms with Crippen LogP contribution >= 0.6 is 0 Å². The van der Waals surface area contributed by atoms with E-state index in [0.29, 0.717) is 6.07 Å². The molecule has 2 rings (SSSR count). The maximum Gasteiger partial charge on any atom is 0.433 e. The summed E-state index contributed by atoms with van der Waals surface area (Å²) in [6.45, 7) is 7.73.